The molecule has 0 amide bonds. The largest absolute Gasteiger partial charge is 0.355 e. The number of nitrogens with one attached hydrogen (secondary N) is 2. The van der Waals surface area contributed by atoms with E-state index in [9.17, 15) is 4.79 Å². The number of nitrogens with zero attached hydrogens (tertiary/aromatic N) is 2. The van der Waals surface area contributed by atoms with Crippen LogP contribution in [0, 0.1) is 12.3 Å². The first-order valence-corrected chi connectivity index (χ1v) is 10.1. The Kier molecular flexibility index (Phi) is 9.97. The number of rotatable bonds is 4. The molecule has 0 aliphatic carbocycles. The monoisotopic (exact) mass is 412 g/mol. The SMILES string of the molecule is C/C=C1\NC(c2cnc(C(=O)CCC)cc2C)=Cc2cnc(Cl)cc21.C=N.CC. The first-order valence-electron chi connectivity index (χ1n) is 9.70. The van der Waals surface area contributed by atoms with Crippen LogP contribution in [0.3, 0.4) is 0 Å². The Morgan fingerprint density at radius 2 is 1.90 bits per heavy atom. The molecule has 0 saturated carbocycles. The Bertz CT molecular complexity index is 919. The minimum atomic E-state index is 0.0843. The molecular weight excluding hydrogens is 384 g/mol. The third-order valence-electron chi connectivity index (χ3n) is 4.21. The number of hydrogen-bond donors (Lipinski definition) is 2. The fourth-order valence-electron chi connectivity index (χ4n) is 2.91. The normalized spacial score (nSPS) is 13.0. The maximum absolute atomic E-state index is 12.1. The zero-order chi connectivity index (χ0) is 22.0. The number of halogens is 1. The number of aryl methyl sites for hydroxylation is 1. The first-order chi connectivity index (χ1) is 14.0. The van der Waals surface area contributed by atoms with Crippen LogP contribution in [0.25, 0.3) is 17.5 Å². The minimum absolute atomic E-state index is 0.0843. The van der Waals surface area contributed by atoms with Gasteiger partial charge >= 0.3 is 0 Å². The van der Waals surface area contributed by atoms with Gasteiger partial charge < -0.3 is 10.7 Å². The number of hydrogen-bond acceptors (Lipinski definition) is 5. The molecule has 0 fully saturated rings. The molecule has 3 rings (SSSR count). The van der Waals surface area contributed by atoms with Gasteiger partial charge in [0.2, 0.25) is 0 Å². The molecule has 3 heterocycles. The van der Waals surface area contributed by atoms with E-state index < -0.39 is 0 Å². The molecule has 1 aliphatic heterocycles. The molecule has 5 nitrogen and oxygen atoms in total. The Balaban J connectivity index is 0.000000989. The predicted molar refractivity (Wildman–Crippen MR) is 123 cm³/mol. The Morgan fingerprint density at radius 1 is 1.21 bits per heavy atom. The lowest BCUT2D eigenvalue weighted by molar-refractivity contribution is 0.0977. The summed E-state index contributed by atoms with van der Waals surface area (Å²) in [6, 6.07) is 3.71. The third-order valence-corrected chi connectivity index (χ3v) is 4.42. The molecule has 0 saturated heterocycles. The van der Waals surface area contributed by atoms with Crippen LogP contribution in [-0.2, 0) is 0 Å². The summed E-state index contributed by atoms with van der Waals surface area (Å²) in [6.45, 7) is 12.5. The van der Waals surface area contributed by atoms with Crippen molar-refractivity contribution < 1.29 is 4.79 Å². The first kappa shape index (κ1) is 24.2. The summed E-state index contributed by atoms with van der Waals surface area (Å²) in [6.07, 6.45) is 8.91. The summed E-state index contributed by atoms with van der Waals surface area (Å²) in [5.74, 6) is 0.0843. The fourth-order valence-corrected chi connectivity index (χ4v) is 3.07. The van der Waals surface area contributed by atoms with Crippen molar-refractivity contribution in [2.45, 2.75) is 47.5 Å². The van der Waals surface area contributed by atoms with Crippen LogP contribution in [0.2, 0.25) is 5.15 Å². The van der Waals surface area contributed by atoms with Crippen molar-refractivity contribution in [2.75, 3.05) is 0 Å². The predicted octanol–water partition coefficient (Wildman–Crippen LogP) is 6.18. The summed E-state index contributed by atoms with van der Waals surface area (Å²) < 4.78 is 0. The summed E-state index contributed by atoms with van der Waals surface area (Å²) in [7, 11) is 0. The van der Waals surface area contributed by atoms with Crippen molar-refractivity contribution in [1.82, 2.24) is 15.3 Å². The highest BCUT2D eigenvalue weighted by Crippen LogP contribution is 2.31. The molecule has 2 aromatic rings. The lowest BCUT2D eigenvalue weighted by Crippen LogP contribution is -2.17. The van der Waals surface area contributed by atoms with Crippen molar-refractivity contribution in [1.29, 1.82) is 5.41 Å². The van der Waals surface area contributed by atoms with Crippen LogP contribution in [0.1, 0.15) is 73.3 Å². The Morgan fingerprint density at radius 3 is 2.48 bits per heavy atom. The topological polar surface area (TPSA) is 78.7 Å². The number of aromatic nitrogens is 2. The van der Waals surface area contributed by atoms with E-state index in [1.165, 1.54) is 0 Å². The molecule has 2 aromatic heterocycles. The number of fused-ring (bicyclic) bond motifs is 1. The van der Waals surface area contributed by atoms with E-state index in [1.807, 2.05) is 58.9 Å². The molecular formula is C23H29ClN4O. The van der Waals surface area contributed by atoms with Gasteiger partial charge in [0.1, 0.15) is 10.8 Å². The highest BCUT2D eigenvalue weighted by molar-refractivity contribution is 6.29. The van der Waals surface area contributed by atoms with Gasteiger partial charge in [0.15, 0.2) is 5.78 Å². The summed E-state index contributed by atoms with van der Waals surface area (Å²) >= 11 is 6.02. The van der Waals surface area contributed by atoms with Gasteiger partial charge in [-0.25, -0.2) is 4.98 Å². The minimum Gasteiger partial charge on any atom is -0.355 e. The highest BCUT2D eigenvalue weighted by atomic mass is 35.5. The third kappa shape index (κ3) is 5.84. The van der Waals surface area contributed by atoms with Gasteiger partial charge in [-0.15, -0.1) is 0 Å². The average molecular weight is 413 g/mol. The van der Waals surface area contributed by atoms with Gasteiger partial charge in [0.05, 0.1) is 0 Å². The number of carbonyl (C=O) groups is 1. The van der Waals surface area contributed by atoms with Crippen molar-refractivity contribution >= 4 is 41.6 Å². The van der Waals surface area contributed by atoms with Crippen molar-refractivity contribution in [2.24, 2.45) is 0 Å². The van der Waals surface area contributed by atoms with Gasteiger partial charge in [-0.2, -0.15) is 0 Å². The summed E-state index contributed by atoms with van der Waals surface area (Å²) in [4.78, 5) is 20.6. The second kappa shape index (κ2) is 11.9. The zero-order valence-corrected chi connectivity index (χ0v) is 18.5. The van der Waals surface area contributed by atoms with E-state index in [1.54, 1.807) is 12.4 Å². The van der Waals surface area contributed by atoms with Crippen LogP contribution >= 0.6 is 11.6 Å². The van der Waals surface area contributed by atoms with E-state index >= 15 is 0 Å². The van der Waals surface area contributed by atoms with E-state index in [0.29, 0.717) is 17.3 Å². The Hall–Kier alpha value is -2.79. The van der Waals surface area contributed by atoms with Crippen LogP contribution in [0.5, 0.6) is 0 Å². The molecule has 1 aliphatic rings. The number of allylic oxidation sites excluding steroid dienone is 1. The molecule has 0 bridgehead atoms. The molecule has 29 heavy (non-hydrogen) atoms. The molecule has 0 atom stereocenters. The number of Topliss-reactive ketones (excluding diaryl/α,β-unsaturated/α-hetero) is 1. The van der Waals surface area contributed by atoms with Gasteiger partial charge in [-0.1, -0.05) is 38.4 Å². The van der Waals surface area contributed by atoms with Crippen molar-refractivity contribution in [3.8, 4) is 0 Å². The van der Waals surface area contributed by atoms with E-state index in [2.05, 4.69) is 22.0 Å². The van der Waals surface area contributed by atoms with Gasteiger partial charge in [-0.3, -0.25) is 9.78 Å². The second-order valence-electron chi connectivity index (χ2n) is 6.04. The molecule has 154 valence electrons. The molecule has 2 N–H and O–H groups in total. The lowest BCUT2D eigenvalue weighted by Gasteiger charge is -2.23. The van der Waals surface area contributed by atoms with Gasteiger partial charge in [-0.05, 0) is 50.8 Å². The lowest BCUT2D eigenvalue weighted by atomic mass is 9.97. The number of pyridine rings is 2. The Labute approximate surface area is 178 Å². The van der Waals surface area contributed by atoms with E-state index in [-0.39, 0.29) is 5.78 Å². The molecule has 6 heteroatoms. The fraction of sp³-hybridized carbons (Fsp3) is 0.304. The maximum Gasteiger partial charge on any atom is 0.181 e. The quantitative estimate of drug-likeness (QED) is 0.357. The highest BCUT2D eigenvalue weighted by Gasteiger charge is 2.18. The van der Waals surface area contributed by atoms with Crippen LogP contribution < -0.4 is 5.32 Å². The number of ketones is 1. The van der Waals surface area contributed by atoms with E-state index in [4.69, 9.17) is 17.0 Å². The molecule has 0 unspecified atom stereocenters. The van der Waals surface area contributed by atoms with Gasteiger partial charge in [0.25, 0.3) is 0 Å². The molecule has 0 aromatic carbocycles. The summed E-state index contributed by atoms with van der Waals surface area (Å²) in [5, 5.41) is 9.39. The zero-order valence-electron chi connectivity index (χ0n) is 17.8. The van der Waals surface area contributed by atoms with Crippen molar-refractivity contribution in [3.05, 3.63) is 63.7 Å². The standard InChI is InChI=1S/C20H20ClN3O.C2H6.CH3N/c1-4-6-19(25)18-7-12(3)15(11-22-18)17-8-13-10-23-20(21)9-14(13)16(5-2)24-17;2*1-2/h5,7-11,24H,4,6H2,1-3H3;1-2H3;2H,1H2/b16-5-;;. The van der Waals surface area contributed by atoms with Crippen LogP contribution in [0.15, 0.2) is 30.6 Å². The molecule has 0 spiro atoms. The van der Waals surface area contributed by atoms with Crippen LogP contribution in [0.4, 0.5) is 0 Å². The van der Waals surface area contributed by atoms with E-state index in [0.717, 1.165) is 40.1 Å². The second-order valence-corrected chi connectivity index (χ2v) is 6.42. The molecule has 0 radical (unpaired) electrons. The van der Waals surface area contributed by atoms with Crippen LogP contribution in [-0.4, -0.2) is 22.5 Å². The maximum atomic E-state index is 12.1. The number of carbonyl (C=O) groups excluding carboxylic acids is 1. The summed E-state index contributed by atoms with van der Waals surface area (Å²) in [5.41, 5.74) is 6.43. The van der Waals surface area contributed by atoms with Crippen molar-refractivity contribution in [3.63, 3.8) is 0 Å². The van der Waals surface area contributed by atoms with Gasteiger partial charge in [0, 0.05) is 46.9 Å². The smallest absolute Gasteiger partial charge is 0.181 e. The average Bonchev–Trinajstić information content (AvgIpc) is 2.76.